The summed E-state index contributed by atoms with van der Waals surface area (Å²) < 4.78 is 32.0. The Morgan fingerprint density at radius 3 is 2.24 bits per heavy atom. The smallest absolute Gasteiger partial charge is 0.257 e. The first-order valence-corrected chi connectivity index (χ1v) is 10.6. The van der Waals surface area contributed by atoms with Gasteiger partial charge in [-0.1, -0.05) is 47.5 Å². The average Bonchev–Trinajstić information content (AvgIpc) is 2.71. The van der Waals surface area contributed by atoms with E-state index in [4.69, 9.17) is 27.9 Å². The monoisotopic (exact) mass is 450 g/mol. The molecule has 0 spiro atoms. The van der Waals surface area contributed by atoms with E-state index in [0.29, 0.717) is 22.2 Å². The maximum Gasteiger partial charge on any atom is 0.257 e. The van der Waals surface area contributed by atoms with Crippen LogP contribution in [0.3, 0.4) is 0 Å². The molecule has 0 aliphatic carbocycles. The molecule has 0 atom stereocenters. The predicted octanol–water partition coefficient (Wildman–Crippen LogP) is 4.95. The number of amides is 1. The van der Waals surface area contributed by atoms with Gasteiger partial charge in [0.25, 0.3) is 5.91 Å². The largest absolute Gasteiger partial charge is 0.454 e. The van der Waals surface area contributed by atoms with E-state index in [9.17, 15) is 13.2 Å². The number of hydrogen-bond donors (Lipinski definition) is 2. The van der Waals surface area contributed by atoms with Gasteiger partial charge >= 0.3 is 0 Å². The zero-order valence-electron chi connectivity index (χ0n) is 15.1. The number of carbonyl (C=O) groups excluding carboxylic acids is 1. The number of nitrogens with one attached hydrogen (secondary N) is 2. The molecular weight excluding hydrogens is 435 g/mol. The number of halogens is 2. The van der Waals surface area contributed by atoms with Crippen LogP contribution in [0, 0.1) is 0 Å². The van der Waals surface area contributed by atoms with Crippen LogP contribution in [0.2, 0.25) is 10.0 Å². The summed E-state index contributed by atoms with van der Waals surface area (Å²) in [5, 5.41) is 3.23. The minimum Gasteiger partial charge on any atom is -0.454 e. The van der Waals surface area contributed by atoms with Crippen molar-refractivity contribution in [3.63, 3.8) is 0 Å². The van der Waals surface area contributed by atoms with E-state index in [1.807, 2.05) is 0 Å². The molecule has 9 heteroatoms. The van der Waals surface area contributed by atoms with Crippen molar-refractivity contribution < 1.29 is 17.9 Å². The molecule has 2 N–H and O–H groups in total. The molecule has 0 aliphatic heterocycles. The lowest BCUT2D eigenvalue weighted by molar-refractivity contribution is 0.102. The highest BCUT2D eigenvalue weighted by Crippen LogP contribution is 2.34. The molecule has 6 nitrogen and oxygen atoms in total. The van der Waals surface area contributed by atoms with Crippen molar-refractivity contribution in [3.05, 3.63) is 82.3 Å². The SMILES string of the molecule is CNS(=O)(=O)c1ccc(Cl)c(C(=O)Nc2ccccc2Oc2ccccc2Cl)c1. The van der Waals surface area contributed by atoms with E-state index in [-0.39, 0.29) is 15.5 Å². The maximum absolute atomic E-state index is 12.8. The fourth-order valence-electron chi connectivity index (χ4n) is 2.46. The Balaban J connectivity index is 1.91. The van der Waals surface area contributed by atoms with E-state index in [0.717, 1.165) is 0 Å². The molecule has 0 saturated heterocycles. The van der Waals surface area contributed by atoms with E-state index in [1.54, 1.807) is 48.5 Å². The van der Waals surface area contributed by atoms with Gasteiger partial charge in [0.2, 0.25) is 10.0 Å². The lowest BCUT2D eigenvalue weighted by Gasteiger charge is -2.14. The molecule has 150 valence electrons. The van der Waals surface area contributed by atoms with Gasteiger partial charge in [0.15, 0.2) is 5.75 Å². The summed E-state index contributed by atoms with van der Waals surface area (Å²) in [5.41, 5.74) is 0.380. The third-order valence-electron chi connectivity index (χ3n) is 3.95. The fourth-order valence-corrected chi connectivity index (χ4v) is 3.59. The highest BCUT2D eigenvalue weighted by Gasteiger charge is 2.19. The Morgan fingerprint density at radius 1 is 0.897 bits per heavy atom. The van der Waals surface area contributed by atoms with Gasteiger partial charge in [-0.2, -0.15) is 0 Å². The molecule has 0 radical (unpaired) electrons. The standard InChI is InChI=1S/C20H16Cl2N2O4S/c1-23-29(26,27)13-10-11-15(21)14(12-13)20(25)24-17-7-3-5-9-19(17)28-18-8-4-2-6-16(18)22/h2-12,23H,1H3,(H,24,25). The zero-order valence-corrected chi connectivity index (χ0v) is 17.5. The van der Waals surface area contributed by atoms with Crippen LogP contribution in [0.1, 0.15) is 10.4 Å². The van der Waals surface area contributed by atoms with Crippen LogP contribution in [0.5, 0.6) is 11.5 Å². The van der Waals surface area contributed by atoms with E-state index < -0.39 is 15.9 Å². The maximum atomic E-state index is 12.8. The molecule has 0 bridgehead atoms. The molecule has 0 heterocycles. The van der Waals surface area contributed by atoms with Crippen molar-refractivity contribution in [3.8, 4) is 11.5 Å². The van der Waals surface area contributed by atoms with Crippen molar-refractivity contribution >= 4 is 44.8 Å². The van der Waals surface area contributed by atoms with Crippen LogP contribution in [-0.2, 0) is 10.0 Å². The van der Waals surface area contributed by atoms with Gasteiger partial charge in [0, 0.05) is 0 Å². The Hall–Kier alpha value is -2.58. The van der Waals surface area contributed by atoms with Crippen molar-refractivity contribution in [2.75, 3.05) is 12.4 Å². The van der Waals surface area contributed by atoms with Crippen molar-refractivity contribution in [2.24, 2.45) is 0 Å². The lowest BCUT2D eigenvalue weighted by atomic mass is 10.2. The molecular formula is C20H16Cl2N2O4S. The first-order chi connectivity index (χ1) is 13.8. The first-order valence-electron chi connectivity index (χ1n) is 8.37. The molecule has 0 aliphatic rings. The Labute approximate surface area is 178 Å². The molecule has 0 aromatic heterocycles. The summed E-state index contributed by atoms with van der Waals surface area (Å²) >= 11 is 12.2. The van der Waals surface area contributed by atoms with Crippen LogP contribution < -0.4 is 14.8 Å². The number of ether oxygens (including phenoxy) is 1. The van der Waals surface area contributed by atoms with Crippen LogP contribution in [0.25, 0.3) is 0 Å². The van der Waals surface area contributed by atoms with Gasteiger partial charge < -0.3 is 10.1 Å². The van der Waals surface area contributed by atoms with Crippen molar-refractivity contribution in [1.29, 1.82) is 0 Å². The van der Waals surface area contributed by atoms with E-state index >= 15 is 0 Å². The molecule has 3 aromatic carbocycles. The third kappa shape index (κ3) is 4.89. The highest BCUT2D eigenvalue weighted by molar-refractivity contribution is 7.89. The number of hydrogen-bond acceptors (Lipinski definition) is 4. The predicted molar refractivity (Wildman–Crippen MR) is 114 cm³/mol. The van der Waals surface area contributed by atoms with Crippen LogP contribution in [-0.4, -0.2) is 21.4 Å². The first kappa shape index (κ1) is 21.1. The van der Waals surface area contributed by atoms with Gasteiger partial charge in [0.05, 0.1) is 26.2 Å². The molecule has 3 rings (SSSR count). The summed E-state index contributed by atoms with van der Waals surface area (Å²) in [7, 11) is -2.44. The third-order valence-corrected chi connectivity index (χ3v) is 6.01. The molecule has 0 fully saturated rings. The second-order valence-corrected chi connectivity index (χ2v) is 8.53. The van der Waals surface area contributed by atoms with Crippen molar-refractivity contribution in [1.82, 2.24) is 4.72 Å². The van der Waals surface area contributed by atoms with Gasteiger partial charge in [-0.15, -0.1) is 0 Å². The number of anilines is 1. The molecule has 0 saturated carbocycles. The quantitative estimate of drug-likeness (QED) is 0.556. The summed E-state index contributed by atoms with van der Waals surface area (Å²) in [6, 6.07) is 17.6. The number of para-hydroxylation sites is 3. The number of carbonyl (C=O) groups is 1. The summed E-state index contributed by atoms with van der Waals surface area (Å²) in [6.45, 7) is 0. The van der Waals surface area contributed by atoms with Crippen molar-refractivity contribution in [2.45, 2.75) is 4.90 Å². The minimum absolute atomic E-state index is 0.00976. The van der Waals surface area contributed by atoms with E-state index in [1.165, 1.54) is 25.2 Å². The lowest BCUT2D eigenvalue weighted by Crippen LogP contribution is -2.20. The van der Waals surface area contributed by atoms with Crippen LogP contribution >= 0.6 is 23.2 Å². The summed E-state index contributed by atoms with van der Waals surface area (Å²) in [6.07, 6.45) is 0. The van der Waals surface area contributed by atoms with Crippen LogP contribution in [0.4, 0.5) is 5.69 Å². The number of rotatable bonds is 6. The second-order valence-electron chi connectivity index (χ2n) is 5.83. The molecule has 3 aromatic rings. The van der Waals surface area contributed by atoms with Gasteiger partial charge in [-0.3, -0.25) is 4.79 Å². The van der Waals surface area contributed by atoms with E-state index in [2.05, 4.69) is 10.0 Å². The van der Waals surface area contributed by atoms with Gasteiger partial charge in [-0.25, -0.2) is 13.1 Å². The second kappa shape index (κ2) is 8.84. The summed E-state index contributed by atoms with van der Waals surface area (Å²) in [5.74, 6) is 0.207. The van der Waals surface area contributed by atoms with Gasteiger partial charge in [0.1, 0.15) is 5.75 Å². The topological polar surface area (TPSA) is 84.5 Å². The van der Waals surface area contributed by atoms with Crippen LogP contribution in [0.15, 0.2) is 71.6 Å². The molecule has 29 heavy (non-hydrogen) atoms. The fraction of sp³-hybridized carbons (Fsp3) is 0.0500. The number of sulfonamides is 1. The zero-order chi connectivity index (χ0) is 21.0. The highest BCUT2D eigenvalue weighted by atomic mass is 35.5. The Bertz CT molecular complexity index is 1170. The Kier molecular flexibility index (Phi) is 6.44. The average molecular weight is 451 g/mol. The minimum atomic E-state index is -3.73. The Morgan fingerprint density at radius 2 is 1.55 bits per heavy atom. The number of benzene rings is 3. The normalized spacial score (nSPS) is 11.1. The molecule has 1 amide bonds. The molecule has 0 unspecified atom stereocenters. The summed E-state index contributed by atoms with van der Waals surface area (Å²) in [4.78, 5) is 12.7. The van der Waals surface area contributed by atoms with Gasteiger partial charge in [-0.05, 0) is 49.5 Å².